The molecule has 0 aliphatic carbocycles. The van der Waals surface area contributed by atoms with E-state index < -0.39 is 11.6 Å². The van der Waals surface area contributed by atoms with Gasteiger partial charge in [-0.25, -0.2) is 8.78 Å². The molecule has 2 aromatic rings. The number of benzene rings is 1. The lowest BCUT2D eigenvalue weighted by atomic mass is 10.0. The maximum Gasteiger partial charge on any atom is 0.159 e. The summed E-state index contributed by atoms with van der Waals surface area (Å²) in [6.07, 6.45) is 2.78. The van der Waals surface area contributed by atoms with Crippen molar-refractivity contribution < 1.29 is 13.2 Å². The standard InChI is InChI=1S/C14H13ClF2O/c1-2-14-10(5-6-18-14)11(15)7-9-3-4-12(16)13(17)8-9/h3-6,8,11H,2,7H2,1H3. The molecular formula is C14H13ClF2O. The maximum atomic E-state index is 13.1. The second-order valence-corrected chi connectivity index (χ2v) is 4.60. The molecule has 0 amide bonds. The molecule has 1 nitrogen and oxygen atoms in total. The number of furan rings is 1. The highest BCUT2D eigenvalue weighted by Gasteiger charge is 2.15. The van der Waals surface area contributed by atoms with Crippen molar-refractivity contribution >= 4 is 11.6 Å². The molecule has 4 heteroatoms. The van der Waals surface area contributed by atoms with Crippen LogP contribution in [0.3, 0.4) is 0 Å². The van der Waals surface area contributed by atoms with Crippen molar-refractivity contribution in [2.75, 3.05) is 0 Å². The molecule has 1 aromatic heterocycles. The molecule has 0 aliphatic rings. The van der Waals surface area contributed by atoms with Gasteiger partial charge in [0, 0.05) is 12.0 Å². The topological polar surface area (TPSA) is 13.1 Å². The summed E-state index contributed by atoms with van der Waals surface area (Å²) in [4.78, 5) is 0. The van der Waals surface area contributed by atoms with Crippen LogP contribution in [0.1, 0.15) is 29.2 Å². The molecule has 0 radical (unpaired) electrons. The molecule has 0 spiro atoms. The minimum absolute atomic E-state index is 0.302. The Kier molecular flexibility index (Phi) is 4.02. The van der Waals surface area contributed by atoms with Crippen molar-refractivity contribution in [3.63, 3.8) is 0 Å². The fourth-order valence-electron chi connectivity index (χ4n) is 1.90. The van der Waals surface area contributed by atoms with Gasteiger partial charge >= 0.3 is 0 Å². The SMILES string of the molecule is CCc1occc1C(Cl)Cc1ccc(F)c(F)c1. The summed E-state index contributed by atoms with van der Waals surface area (Å²) < 4.78 is 31.2. The van der Waals surface area contributed by atoms with Crippen molar-refractivity contribution in [3.8, 4) is 0 Å². The van der Waals surface area contributed by atoms with Crippen molar-refractivity contribution in [1.82, 2.24) is 0 Å². The minimum Gasteiger partial charge on any atom is -0.469 e. The summed E-state index contributed by atoms with van der Waals surface area (Å²) in [7, 11) is 0. The van der Waals surface area contributed by atoms with E-state index in [1.165, 1.54) is 6.07 Å². The first-order valence-corrected chi connectivity index (χ1v) is 6.19. The lowest BCUT2D eigenvalue weighted by molar-refractivity contribution is 0.505. The Morgan fingerprint density at radius 1 is 1.22 bits per heavy atom. The molecule has 0 saturated carbocycles. The van der Waals surface area contributed by atoms with Gasteiger partial charge in [0.1, 0.15) is 5.76 Å². The Balaban J connectivity index is 2.16. The predicted octanol–water partition coefficient (Wildman–Crippen LogP) is 4.64. The van der Waals surface area contributed by atoms with Gasteiger partial charge in [0.15, 0.2) is 11.6 Å². The van der Waals surface area contributed by atoms with Gasteiger partial charge in [0.25, 0.3) is 0 Å². The van der Waals surface area contributed by atoms with Crippen LogP contribution in [0.4, 0.5) is 8.78 Å². The first-order chi connectivity index (χ1) is 8.61. The average Bonchev–Trinajstić information content (AvgIpc) is 2.82. The summed E-state index contributed by atoms with van der Waals surface area (Å²) in [5.74, 6) is -0.862. The van der Waals surface area contributed by atoms with Gasteiger partial charge in [-0.15, -0.1) is 11.6 Å². The highest BCUT2D eigenvalue weighted by atomic mass is 35.5. The molecule has 18 heavy (non-hydrogen) atoms. The monoisotopic (exact) mass is 270 g/mol. The van der Waals surface area contributed by atoms with Gasteiger partial charge in [-0.2, -0.15) is 0 Å². The number of alkyl halides is 1. The zero-order chi connectivity index (χ0) is 13.1. The van der Waals surface area contributed by atoms with Gasteiger partial charge in [-0.1, -0.05) is 13.0 Å². The Bertz CT molecular complexity index is 536. The van der Waals surface area contributed by atoms with E-state index in [0.717, 1.165) is 23.8 Å². The zero-order valence-electron chi connectivity index (χ0n) is 9.92. The number of rotatable bonds is 4. The minimum atomic E-state index is -0.848. The van der Waals surface area contributed by atoms with Crippen LogP contribution in [0.15, 0.2) is 34.9 Å². The highest BCUT2D eigenvalue weighted by Crippen LogP contribution is 2.29. The third-order valence-electron chi connectivity index (χ3n) is 2.84. The van der Waals surface area contributed by atoms with Crippen LogP contribution < -0.4 is 0 Å². The van der Waals surface area contributed by atoms with Gasteiger partial charge < -0.3 is 4.42 Å². The predicted molar refractivity (Wildman–Crippen MR) is 66.7 cm³/mol. The van der Waals surface area contributed by atoms with Gasteiger partial charge in [0.2, 0.25) is 0 Å². The van der Waals surface area contributed by atoms with Gasteiger partial charge in [0.05, 0.1) is 11.6 Å². The van der Waals surface area contributed by atoms with E-state index >= 15 is 0 Å². The molecule has 1 atom stereocenters. The number of halogens is 3. The van der Waals surface area contributed by atoms with Crippen LogP contribution in [-0.4, -0.2) is 0 Å². The zero-order valence-corrected chi connectivity index (χ0v) is 10.7. The Hall–Kier alpha value is -1.35. The second-order valence-electron chi connectivity index (χ2n) is 4.07. The molecule has 0 bridgehead atoms. The van der Waals surface area contributed by atoms with Crippen LogP contribution in [-0.2, 0) is 12.8 Å². The fraction of sp³-hybridized carbons (Fsp3) is 0.286. The van der Waals surface area contributed by atoms with E-state index in [9.17, 15) is 8.78 Å². The third-order valence-corrected chi connectivity index (χ3v) is 3.23. The Morgan fingerprint density at radius 2 is 2.00 bits per heavy atom. The summed E-state index contributed by atoms with van der Waals surface area (Å²) in [6, 6.07) is 5.65. The van der Waals surface area contributed by atoms with Gasteiger partial charge in [-0.05, 0) is 30.2 Å². The first-order valence-electron chi connectivity index (χ1n) is 5.76. The third kappa shape index (κ3) is 2.72. The van der Waals surface area contributed by atoms with E-state index in [1.807, 2.05) is 13.0 Å². The highest BCUT2D eigenvalue weighted by molar-refractivity contribution is 6.21. The number of aryl methyl sites for hydroxylation is 1. The normalized spacial score (nSPS) is 12.7. The molecule has 1 unspecified atom stereocenters. The second kappa shape index (κ2) is 5.53. The molecule has 2 rings (SSSR count). The van der Waals surface area contributed by atoms with Crippen LogP contribution in [0.25, 0.3) is 0 Å². The van der Waals surface area contributed by atoms with Crippen molar-refractivity contribution in [2.24, 2.45) is 0 Å². The van der Waals surface area contributed by atoms with Crippen LogP contribution in [0.2, 0.25) is 0 Å². The van der Waals surface area contributed by atoms with E-state index in [-0.39, 0.29) is 5.38 Å². The molecular weight excluding hydrogens is 258 g/mol. The van der Waals surface area contributed by atoms with Crippen LogP contribution >= 0.6 is 11.6 Å². The molecule has 0 saturated heterocycles. The molecule has 0 aliphatic heterocycles. The van der Waals surface area contributed by atoms with E-state index in [2.05, 4.69) is 0 Å². The van der Waals surface area contributed by atoms with E-state index in [0.29, 0.717) is 12.0 Å². The summed E-state index contributed by atoms with van der Waals surface area (Å²) in [5, 5.41) is -0.302. The van der Waals surface area contributed by atoms with Crippen molar-refractivity contribution in [1.29, 1.82) is 0 Å². The molecule has 96 valence electrons. The molecule has 0 fully saturated rings. The van der Waals surface area contributed by atoms with E-state index in [1.54, 1.807) is 12.3 Å². The number of hydrogen-bond acceptors (Lipinski definition) is 1. The van der Waals surface area contributed by atoms with Crippen LogP contribution in [0.5, 0.6) is 0 Å². The molecule has 1 aromatic carbocycles. The largest absolute Gasteiger partial charge is 0.469 e. The van der Waals surface area contributed by atoms with Gasteiger partial charge in [-0.3, -0.25) is 0 Å². The van der Waals surface area contributed by atoms with Crippen molar-refractivity contribution in [3.05, 3.63) is 59.1 Å². The maximum absolute atomic E-state index is 13.1. The Labute approximate surface area is 109 Å². The summed E-state index contributed by atoms with van der Waals surface area (Å²) in [5.41, 5.74) is 1.57. The first kappa shape index (κ1) is 13.1. The fourth-order valence-corrected chi connectivity index (χ4v) is 2.27. The lowest BCUT2D eigenvalue weighted by Gasteiger charge is -2.09. The number of hydrogen-bond donors (Lipinski definition) is 0. The van der Waals surface area contributed by atoms with Crippen molar-refractivity contribution in [2.45, 2.75) is 25.1 Å². The average molecular weight is 271 g/mol. The molecule has 1 heterocycles. The smallest absolute Gasteiger partial charge is 0.159 e. The summed E-state index contributed by atoms with van der Waals surface area (Å²) >= 11 is 6.28. The Morgan fingerprint density at radius 3 is 2.67 bits per heavy atom. The van der Waals surface area contributed by atoms with Crippen LogP contribution in [0, 0.1) is 11.6 Å². The lowest BCUT2D eigenvalue weighted by Crippen LogP contribution is -1.98. The molecule has 0 N–H and O–H groups in total. The van der Waals surface area contributed by atoms with E-state index in [4.69, 9.17) is 16.0 Å². The quantitative estimate of drug-likeness (QED) is 0.738. The summed E-state index contributed by atoms with van der Waals surface area (Å²) in [6.45, 7) is 1.98.